The molecule has 5 nitrogen and oxygen atoms in total. The highest BCUT2D eigenvalue weighted by atomic mass is 35.5. The number of piperidine rings is 1. The molecule has 0 saturated carbocycles. The largest absolute Gasteiger partial charge is 0.337 e. The summed E-state index contributed by atoms with van der Waals surface area (Å²) in [5.41, 5.74) is 0.671. The first-order valence-corrected chi connectivity index (χ1v) is 6.39. The molecule has 94 valence electrons. The van der Waals surface area contributed by atoms with E-state index < -0.39 is 0 Å². The molecule has 0 aliphatic carbocycles. The Bertz CT molecular complexity index is 519. The van der Waals surface area contributed by atoms with Crippen LogP contribution in [0, 0.1) is 0 Å². The first-order valence-electron chi connectivity index (χ1n) is 6.02. The maximum absolute atomic E-state index is 5.79. The number of hydrogen-bond donors (Lipinski definition) is 1. The molecule has 1 saturated heterocycles. The van der Waals surface area contributed by atoms with Crippen molar-refractivity contribution in [3.63, 3.8) is 0 Å². The second-order valence-electron chi connectivity index (χ2n) is 4.32. The molecule has 1 aliphatic rings. The number of nitrogens with one attached hydrogen (secondary N) is 1. The summed E-state index contributed by atoms with van der Waals surface area (Å²) in [5.74, 6) is 1.15. The van der Waals surface area contributed by atoms with E-state index in [-0.39, 0.29) is 6.04 Å². The molecule has 1 N–H and O–H groups in total. The molecular weight excluding hydrogens is 252 g/mol. The molecular formula is C12H13ClN4O. The van der Waals surface area contributed by atoms with E-state index in [1.54, 1.807) is 18.3 Å². The van der Waals surface area contributed by atoms with Gasteiger partial charge in [0.05, 0.1) is 11.1 Å². The minimum atomic E-state index is 0.173. The molecule has 0 bridgehead atoms. The zero-order valence-corrected chi connectivity index (χ0v) is 10.5. The zero-order valence-electron chi connectivity index (χ0n) is 9.77. The summed E-state index contributed by atoms with van der Waals surface area (Å²) >= 11 is 5.79. The second-order valence-corrected chi connectivity index (χ2v) is 4.76. The Morgan fingerprint density at radius 3 is 3.00 bits per heavy atom. The first kappa shape index (κ1) is 11.6. The molecule has 1 fully saturated rings. The molecule has 6 heteroatoms. The Balaban J connectivity index is 1.82. The molecule has 2 aromatic rings. The van der Waals surface area contributed by atoms with Crippen LogP contribution in [0.5, 0.6) is 0 Å². The molecule has 0 spiro atoms. The number of rotatable bonds is 2. The van der Waals surface area contributed by atoms with E-state index in [1.165, 1.54) is 12.8 Å². The standard InChI is InChI=1S/C12H13ClN4O/c13-8-4-5-9(15-7-8)11-16-12(18-17-11)10-3-1-2-6-14-10/h4-5,7,10,14H,1-3,6H2. The molecule has 2 aromatic heterocycles. The summed E-state index contributed by atoms with van der Waals surface area (Å²) in [6, 6.07) is 3.72. The van der Waals surface area contributed by atoms with Crippen LogP contribution < -0.4 is 5.32 Å². The van der Waals surface area contributed by atoms with E-state index in [9.17, 15) is 0 Å². The number of aromatic nitrogens is 3. The Hall–Kier alpha value is -1.46. The normalized spacial score (nSPS) is 19.9. The Morgan fingerprint density at radius 1 is 1.33 bits per heavy atom. The Morgan fingerprint density at radius 2 is 2.28 bits per heavy atom. The lowest BCUT2D eigenvalue weighted by Crippen LogP contribution is -2.26. The fourth-order valence-electron chi connectivity index (χ4n) is 2.05. The van der Waals surface area contributed by atoms with E-state index in [4.69, 9.17) is 16.1 Å². The predicted molar refractivity (Wildman–Crippen MR) is 67.1 cm³/mol. The summed E-state index contributed by atoms with van der Waals surface area (Å²) in [4.78, 5) is 8.56. The van der Waals surface area contributed by atoms with Crippen molar-refractivity contribution >= 4 is 11.6 Å². The summed E-state index contributed by atoms with van der Waals surface area (Å²) < 4.78 is 5.29. The van der Waals surface area contributed by atoms with Crippen molar-refractivity contribution in [3.8, 4) is 11.5 Å². The van der Waals surface area contributed by atoms with Gasteiger partial charge in [0.15, 0.2) is 0 Å². The third-order valence-corrected chi connectivity index (χ3v) is 3.23. The van der Waals surface area contributed by atoms with Crippen LogP contribution in [-0.4, -0.2) is 21.7 Å². The maximum Gasteiger partial charge on any atom is 0.244 e. The highest BCUT2D eigenvalue weighted by Crippen LogP contribution is 2.23. The van der Waals surface area contributed by atoms with Crippen molar-refractivity contribution in [1.82, 2.24) is 20.4 Å². The monoisotopic (exact) mass is 264 g/mol. The smallest absolute Gasteiger partial charge is 0.244 e. The molecule has 1 unspecified atom stereocenters. The van der Waals surface area contributed by atoms with Gasteiger partial charge in [0.25, 0.3) is 0 Å². The minimum Gasteiger partial charge on any atom is -0.337 e. The van der Waals surface area contributed by atoms with Gasteiger partial charge in [0.1, 0.15) is 5.69 Å². The van der Waals surface area contributed by atoms with Crippen LogP contribution >= 0.6 is 11.6 Å². The van der Waals surface area contributed by atoms with E-state index in [0.717, 1.165) is 13.0 Å². The SMILES string of the molecule is Clc1ccc(-c2noc(C3CCCCN3)n2)nc1. The van der Waals surface area contributed by atoms with Gasteiger partial charge < -0.3 is 9.84 Å². The van der Waals surface area contributed by atoms with Crippen LogP contribution in [-0.2, 0) is 0 Å². The van der Waals surface area contributed by atoms with Gasteiger partial charge in [-0.05, 0) is 31.5 Å². The van der Waals surface area contributed by atoms with Crippen molar-refractivity contribution < 1.29 is 4.52 Å². The van der Waals surface area contributed by atoms with Gasteiger partial charge in [-0.1, -0.05) is 23.2 Å². The topological polar surface area (TPSA) is 63.8 Å². The lowest BCUT2D eigenvalue weighted by molar-refractivity contribution is 0.297. The fourth-order valence-corrected chi connectivity index (χ4v) is 2.16. The highest BCUT2D eigenvalue weighted by molar-refractivity contribution is 6.30. The van der Waals surface area contributed by atoms with Gasteiger partial charge in [-0.3, -0.25) is 4.98 Å². The van der Waals surface area contributed by atoms with Crippen molar-refractivity contribution in [2.45, 2.75) is 25.3 Å². The summed E-state index contributed by atoms with van der Waals surface area (Å²) in [6.45, 7) is 1.00. The third-order valence-electron chi connectivity index (χ3n) is 3.01. The van der Waals surface area contributed by atoms with Crippen LogP contribution in [0.4, 0.5) is 0 Å². The van der Waals surface area contributed by atoms with Gasteiger partial charge in [0.2, 0.25) is 11.7 Å². The van der Waals surface area contributed by atoms with E-state index >= 15 is 0 Å². The summed E-state index contributed by atoms with van der Waals surface area (Å²) in [6.07, 6.45) is 5.01. The number of nitrogens with zero attached hydrogens (tertiary/aromatic N) is 3. The lowest BCUT2D eigenvalue weighted by Gasteiger charge is -2.19. The Kier molecular flexibility index (Phi) is 3.25. The van der Waals surface area contributed by atoms with Crippen LogP contribution in [0.15, 0.2) is 22.9 Å². The van der Waals surface area contributed by atoms with Crippen molar-refractivity contribution in [2.24, 2.45) is 0 Å². The van der Waals surface area contributed by atoms with Crippen LogP contribution in [0.25, 0.3) is 11.5 Å². The fraction of sp³-hybridized carbons (Fsp3) is 0.417. The van der Waals surface area contributed by atoms with Crippen molar-refractivity contribution in [3.05, 3.63) is 29.2 Å². The summed E-state index contributed by atoms with van der Waals surface area (Å²) in [5, 5.41) is 7.93. The van der Waals surface area contributed by atoms with Gasteiger partial charge >= 0.3 is 0 Å². The van der Waals surface area contributed by atoms with Gasteiger partial charge in [-0.2, -0.15) is 4.98 Å². The molecule has 18 heavy (non-hydrogen) atoms. The van der Waals surface area contributed by atoms with Crippen LogP contribution in [0.2, 0.25) is 5.02 Å². The molecule has 0 radical (unpaired) electrons. The molecule has 3 rings (SSSR count). The van der Waals surface area contributed by atoms with E-state index in [0.29, 0.717) is 22.4 Å². The minimum absolute atomic E-state index is 0.173. The van der Waals surface area contributed by atoms with Gasteiger partial charge in [-0.25, -0.2) is 0 Å². The number of hydrogen-bond acceptors (Lipinski definition) is 5. The Labute approximate surface area is 110 Å². The average Bonchev–Trinajstić information content (AvgIpc) is 2.90. The first-order chi connectivity index (χ1) is 8.83. The lowest BCUT2D eigenvalue weighted by atomic mass is 10.1. The second kappa shape index (κ2) is 5.04. The maximum atomic E-state index is 5.79. The van der Waals surface area contributed by atoms with Crippen LogP contribution in [0.1, 0.15) is 31.2 Å². The van der Waals surface area contributed by atoms with Crippen LogP contribution in [0.3, 0.4) is 0 Å². The van der Waals surface area contributed by atoms with Crippen molar-refractivity contribution in [1.29, 1.82) is 0 Å². The summed E-state index contributed by atoms with van der Waals surface area (Å²) in [7, 11) is 0. The van der Waals surface area contributed by atoms with E-state index in [1.807, 2.05) is 0 Å². The quantitative estimate of drug-likeness (QED) is 0.903. The van der Waals surface area contributed by atoms with Gasteiger partial charge in [-0.15, -0.1) is 0 Å². The average molecular weight is 265 g/mol. The zero-order chi connectivity index (χ0) is 12.4. The van der Waals surface area contributed by atoms with E-state index in [2.05, 4.69) is 20.4 Å². The molecule has 0 amide bonds. The van der Waals surface area contributed by atoms with Crippen molar-refractivity contribution in [2.75, 3.05) is 6.54 Å². The molecule has 0 aromatic carbocycles. The molecule has 1 atom stereocenters. The highest BCUT2D eigenvalue weighted by Gasteiger charge is 2.21. The molecule has 3 heterocycles. The third kappa shape index (κ3) is 2.37. The molecule has 1 aliphatic heterocycles. The number of pyridine rings is 1. The predicted octanol–water partition coefficient (Wildman–Crippen LogP) is 2.60. The number of halogens is 1. The van der Waals surface area contributed by atoms with Gasteiger partial charge in [0, 0.05) is 6.20 Å².